The maximum Gasteiger partial charge on any atom is 0.449 e. The van der Waals surface area contributed by atoms with Crippen molar-refractivity contribution in [1.82, 2.24) is 0 Å². The third-order valence-electron chi connectivity index (χ3n) is 6.03. The molecule has 0 radical (unpaired) electrons. The lowest BCUT2D eigenvalue weighted by molar-refractivity contribution is -0.522. The Kier molecular flexibility index (Phi) is 6.30. The Labute approximate surface area is 167 Å². The number of alkyl halides is 8. The van der Waals surface area contributed by atoms with E-state index in [1.165, 1.54) is 0 Å². The fourth-order valence-corrected chi connectivity index (χ4v) is 4.37. The third kappa shape index (κ3) is 3.49. The van der Waals surface area contributed by atoms with Crippen molar-refractivity contribution in [1.29, 1.82) is 0 Å². The monoisotopic (exact) mass is 454 g/mol. The van der Waals surface area contributed by atoms with Gasteiger partial charge in [-0.25, -0.2) is 4.79 Å². The van der Waals surface area contributed by atoms with Gasteiger partial charge in [0.2, 0.25) is 0 Å². The summed E-state index contributed by atoms with van der Waals surface area (Å²) in [7, 11) is 0. The summed E-state index contributed by atoms with van der Waals surface area (Å²) >= 11 is 0. The number of rotatable bonds is 4. The Morgan fingerprint density at radius 2 is 1.67 bits per heavy atom. The summed E-state index contributed by atoms with van der Waals surface area (Å²) in [6, 6.07) is 0. The van der Waals surface area contributed by atoms with Gasteiger partial charge in [-0.05, 0) is 19.3 Å². The van der Waals surface area contributed by atoms with Crippen LogP contribution in [0.15, 0.2) is 12.7 Å². The molecule has 1 heterocycles. The maximum absolute atomic E-state index is 15.4. The van der Waals surface area contributed by atoms with Crippen LogP contribution in [-0.4, -0.2) is 46.3 Å². The van der Waals surface area contributed by atoms with Gasteiger partial charge in [-0.15, -0.1) is 0 Å². The molecule has 2 aliphatic rings. The maximum atomic E-state index is 15.4. The van der Waals surface area contributed by atoms with Crippen LogP contribution in [0.2, 0.25) is 0 Å². The molecule has 0 aromatic carbocycles. The number of hydrogen-bond donors (Lipinski definition) is 1. The van der Waals surface area contributed by atoms with Gasteiger partial charge >= 0.3 is 30.0 Å². The van der Waals surface area contributed by atoms with Crippen LogP contribution in [0.4, 0.5) is 35.1 Å². The zero-order valence-electron chi connectivity index (χ0n) is 16.0. The predicted molar refractivity (Wildman–Crippen MR) is 86.3 cm³/mol. The molecule has 30 heavy (non-hydrogen) atoms. The van der Waals surface area contributed by atoms with Crippen LogP contribution in [0.5, 0.6) is 0 Å². The second kappa shape index (κ2) is 7.61. The van der Waals surface area contributed by atoms with Gasteiger partial charge in [-0.1, -0.05) is 32.8 Å². The molecule has 3 unspecified atom stereocenters. The van der Waals surface area contributed by atoms with E-state index in [0.29, 0.717) is 12.5 Å². The van der Waals surface area contributed by atoms with Crippen molar-refractivity contribution >= 4 is 5.97 Å². The molecule has 1 aliphatic carbocycles. The number of halogens is 8. The Balaban J connectivity index is 2.86. The van der Waals surface area contributed by atoms with Gasteiger partial charge in [0.15, 0.2) is 11.2 Å². The molecule has 0 aromatic heterocycles. The van der Waals surface area contributed by atoms with E-state index < -0.39 is 60.0 Å². The minimum absolute atomic E-state index is 0.217. The molecular weight excluding hydrogens is 432 g/mol. The lowest BCUT2D eigenvalue weighted by Gasteiger charge is -2.59. The molecule has 2 rings (SSSR count). The van der Waals surface area contributed by atoms with E-state index in [1.54, 1.807) is 0 Å². The van der Waals surface area contributed by atoms with Gasteiger partial charge in [0.1, 0.15) is 0 Å². The molecular formula is C18H22F8O4. The molecule has 1 saturated heterocycles. The third-order valence-corrected chi connectivity index (χ3v) is 6.03. The summed E-state index contributed by atoms with van der Waals surface area (Å²) in [6.45, 7) is 3.77. The molecule has 0 amide bonds. The van der Waals surface area contributed by atoms with Gasteiger partial charge < -0.3 is 14.6 Å². The molecule has 4 nitrogen and oxygen atoms in total. The first-order valence-electron chi connectivity index (χ1n) is 9.33. The molecule has 0 spiro atoms. The highest BCUT2D eigenvalue weighted by Crippen LogP contribution is 2.64. The summed E-state index contributed by atoms with van der Waals surface area (Å²) in [5.41, 5.74) is -7.45. The molecule has 0 bridgehead atoms. The van der Waals surface area contributed by atoms with Crippen LogP contribution in [0.25, 0.3) is 0 Å². The fraction of sp³-hybridized carbons (Fsp3) is 0.833. The number of carbonyl (C=O) groups is 1. The zero-order chi connectivity index (χ0) is 23.2. The van der Waals surface area contributed by atoms with E-state index in [0.717, 1.165) is 6.92 Å². The minimum atomic E-state index is -6.33. The van der Waals surface area contributed by atoms with Gasteiger partial charge in [0, 0.05) is 18.4 Å². The topological polar surface area (TPSA) is 55.8 Å². The SMILES string of the molecule is C=CC(=O)OC1(C2CCCCC2)CC(CC)(C(F)(F)F)OC(O)(C(F)(F)F)C1(F)F. The van der Waals surface area contributed by atoms with Gasteiger partial charge in [-0.3, -0.25) is 0 Å². The summed E-state index contributed by atoms with van der Waals surface area (Å²) in [5.74, 6) is -14.2. The number of esters is 1. The molecule has 1 N–H and O–H groups in total. The fourth-order valence-electron chi connectivity index (χ4n) is 4.37. The predicted octanol–water partition coefficient (Wildman–Crippen LogP) is 5.05. The van der Waals surface area contributed by atoms with Gasteiger partial charge in [-0.2, -0.15) is 35.1 Å². The zero-order valence-corrected chi connectivity index (χ0v) is 16.0. The van der Waals surface area contributed by atoms with E-state index in [4.69, 9.17) is 0 Å². The molecule has 174 valence electrons. The highest BCUT2D eigenvalue weighted by molar-refractivity contribution is 5.81. The first kappa shape index (κ1) is 24.8. The lowest BCUT2D eigenvalue weighted by Crippen LogP contribution is -2.81. The average Bonchev–Trinajstić information content (AvgIpc) is 2.64. The molecule has 0 aromatic rings. The van der Waals surface area contributed by atoms with Crippen LogP contribution < -0.4 is 0 Å². The van der Waals surface area contributed by atoms with E-state index in [-0.39, 0.29) is 25.7 Å². The van der Waals surface area contributed by atoms with Crippen molar-refractivity contribution in [2.45, 2.75) is 87.1 Å². The van der Waals surface area contributed by atoms with E-state index in [2.05, 4.69) is 16.1 Å². The van der Waals surface area contributed by atoms with Gasteiger partial charge in [0.05, 0.1) is 0 Å². The molecule has 12 heteroatoms. The molecule has 1 saturated carbocycles. The second-order valence-electron chi connectivity index (χ2n) is 7.69. The van der Waals surface area contributed by atoms with Crippen LogP contribution in [0.3, 0.4) is 0 Å². The largest absolute Gasteiger partial charge is 0.449 e. The smallest absolute Gasteiger partial charge is 0.449 e. The minimum Gasteiger partial charge on any atom is -0.449 e. The molecule has 3 atom stereocenters. The Morgan fingerprint density at radius 1 is 1.13 bits per heavy atom. The molecule has 1 aliphatic heterocycles. The van der Waals surface area contributed by atoms with Crippen LogP contribution in [0.1, 0.15) is 51.9 Å². The number of carbonyl (C=O) groups excluding carboxylic acids is 1. The summed E-state index contributed by atoms with van der Waals surface area (Å²) < 4.78 is 122. The average molecular weight is 454 g/mol. The number of hydrogen-bond acceptors (Lipinski definition) is 4. The van der Waals surface area contributed by atoms with Crippen molar-refractivity contribution in [2.75, 3.05) is 0 Å². The van der Waals surface area contributed by atoms with Crippen molar-refractivity contribution in [2.24, 2.45) is 5.92 Å². The Morgan fingerprint density at radius 3 is 2.07 bits per heavy atom. The summed E-state index contributed by atoms with van der Waals surface area (Å²) in [5, 5.41) is 10.0. The number of ether oxygens (including phenoxy) is 2. The van der Waals surface area contributed by atoms with Crippen molar-refractivity contribution in [3.05, 3.63) is 12.7 Å². The first-order chi connectivity index (χ1) is 13.5. The quantitative estimate of drug-likeness (QED) is 0.367. The van der Waals surface area contributed by atoms with Crippen molar-refractivity contribution < 1.29 is 54.5 Å². The Bertz CT molecular complexity index is 670. The van der Waals surface area contributed by atoms with Crippen LogP contribution in [-0.2, 0) is 14.3 Å². The lowest BCUT2D eigenvalue weighted by atomic mass is 9.64. The van der Waals surface area contributed by atoms with E-state index in [9.17, 15) is 36.2 Å². The summed E-state index contributed by atoms with van der Waals surface area (Å²) in [4.78, 5) is 11.9. The summed E-state index contributed by atoms with van der Waals surface area (Å²) in [6.07, 6.45) is -14.0. The normalized spacial score (nSPS) is 35.7. The molecule has 2 fully saturated rings. The standard InChI is InChI=1S/C18H22F8O4/c1-3-12(27)29-14(11-8-6-5-7-9-11)10-13(4-2,17(21,22)23)30-16(28,15(14,19)20)18(24,25)26/h3,11,28H,1,4-10H2,2H3. The highest BCUT2D eigenvalue weighted by atomic mass is 19.4. The van der Waals surface area contributed by atoms with Crippen LogP contribution >= 0.6 is 0 Å². The van der Waals surface area contributed by atoms with Gasteiger partial charge in [0.25, 0.3) is 0 Å². The Hall–Kier alpha value is -1.43. The van der Waals surface area contributed by atoms with Crippen LogP contribution in [0, 0.1) is 5.92 Å². The van der Waals surface area contributed by atoms with Crippen molar-refractivity contribution in [3.63, 3.8) is 0 Å². The first-order valence-corrected chi connectivity index (χ1v) is 9.33. The van der Waals surface area contributed by atoms with E-state index >= 15 is 8.78 Å². The number of aliphatic hydroxyl groups is 1. The highest BCUT2D eigenvalue weighted by Gasteiger charge is 2.87. The van der Waals surface area contributed by atoms with Crippen molar-refractivity contribution in [3.8, 4) is 0 Å². The second-order valence-corrected chi connectivity index (χ2v) is 7.69. The van der Waals surface area contributed by atoms with E-state index in [1.807, 2.05) is 0 Å².